The summed E-state index contributed by atoms with van der Waals surface area (Å²) in [5.74, 6) is 7.22. The predicted octanol–water partition coefficient (Wildman–Crippen LogP) is 2.21. The summed E-state index contributed by atoms with van der Waals surface area (Å²) in [5.41, 5.74) is 1.82. The topological polar surface area (TPSA) is 123 Å². The van der Waals surface area contributed by atoms with Gasteiger partial charge in [-0.2, -0.15) is 0 Å². The molecule has 1 heterocycles. The number of nitrogens with two attached hydrogens (primary N) is 1. The van der Waals surface area contributed by atoms with Crippen LogP contribution in [0, 0.1) is 0 Å². The molecule has 136 valence electrons. The summed E-state index contributed by atoms with van der Waals surface area (Å²) < 4.78 is 31.4. The van der Waals surface area contributed by atoms with E-state index < -0.39 is 11.3 Å². The summed E-state index contributed by atoms with van der Waals surface area (Å²) in [5, 5.41) is 3.94. The van der Waals surface area contributed by atoms with Crippen molar-refractivity contribution in [1.29, 1.82) is 0 Å². The molecule has 9 nitrogen and oxygen atoms in total. The third-order valence-electron chi connectivity index (χ3n) is 3.69. The molecule has 0 aliphatic carbocycles. The van der Waals surface area contributed by atoms with E-state index in [1.54, 1.807) is 50.6 Å². The van der Waals surface area contributed by atoms with Crippen molar-refractivity contribution in [2.24, 2.45) is 5.84 Å². The van der Waals surface area contributed by atoms with Crippen LogP contribution in [0.3, 0.4) is 0 Å². The summed E-state index contributed by atoms with van der Waals surface area (Å²) in [6.45, 7) is 0. The average molecular weight is 375 g/mol. The lowest BCUT2D eigenvalue weighted by molar-refractivity contribution is 0.356. The van der Waals surface area contributed by atoms with Crippen molar-refractivity contribution in [3.05, 3.63) is 42.7 Å². The van der Waals surface area contributed by atoms with E-state index in [-0.39, 0.29) is 0 Å². The summed E-state index contributed by atoms with van der Waals surface area (Å²) >= 11 is -2.29. The first-order valence-electron chi connectivity index (χ1n) is 7.43. The maximum absolute atomic E-state index is 11.0. The van der Waals surface area contributed by atoms with Gasteiger partial charge in [-0.3, -0.25) is 4.55 Å². The molecule has 0 saturated carbocycles. The van der Waals surface area contributed by atoms with Gasteiger partial charge in [-0.05, 0) is 30.3 Å². The van der Waals surface area contributed by atoms with E-state index in [0.29, 0.717) is 28.5 Å². The number of benzene rings is 2. The van der Waals surface area contributed by atoms with Gasteiger partial charge in [-0.25, -0.2) is 24.4 Å². The van der Waals surface area contributed by atoms with E-state index in [9.17, 15) is 4.21 Å². The molecule has 0 aliphatic rings. The van der Waals surface area contributed by atoms with Gasteiger partial charge in [0, 0.05) is 17.1 Å². The van der Waals surface area contributed by atoms with Crippen molar-refractivity contribution in [2.45, 2.75) is 0 Å². The van der Waals surface area contributed by atoms with Crippen LogP contribution in [0.1, 0.15) is 0 Å². The number of rotatable bonds is 6. The van der Waals surface area contributed by atoms with Crippen LogP contribution in [0.4, 0.5) is 17.2 Å². The molecule has 0 saturated heterocycles. The minimum atomic E-state index is -2.29. The molecular weight excluding hydrogens is 358 g/mol. The maximum atomic E-state index is 11.0. The Bertz CT molecular complexity index is 951. The Hall–Kier alpha value is -2.95. The number of nitrogens with zero attached hydrogens (tertiary/aromatic N) is 3. The van der Waals surface area contributed by atoms with E-state index in [4.69, 9.17) is 19.9 Å². The first-order chi connectivity index (χ1) is 12.5. The molecule has 0 spiro atoms. The number of nitrogens with one attached hydrogen (secondary N) is 1. The highest BCUT2D eigenvalue weighted by Crippen LogP contribution is 2.34. The van der Waals surface area contributed by atoms with E-state index >= 15 is 0 Å². The fraction of sp³-hybridized carbons (Fsp3) is 0.125. The van der Waals surface area contributed by atoms with Crippen molar-refractivity contribution < 1.29 is 18.2 Å². The molecule has 0 amide bonds. The van der Waals surface area contributed by atoms with Gasteiger partial charge in [0.15, 0.2) is 11.5 Å². The number of hydrazine groups is 1. The highest BCUT2D eigenvalue weighted by atomic mass is 32.2. The van der Waals surface area contributed by atoms with E-state index in [1.165, 1.54) is 6.33 Å². The third-order valence-corrected chi connectivity index (χ3v) is 4.24. The lowest BCUT2D eigenvalue weighted by Gasteiger charge is -2.14. The zero-order valence-electron chi connectivity index (χ0n) is 14.0. The second kappa shape index (κ2) is 7.52. The molecule has 1 aromatic heterocycles. The SMILES string of the molecule is COc1cc2ncnc(Nc3ccc(N(N)S(=O)O)cc3)c2cc1OC. The molecule has 1 atom stereocenters. The number of hydrogen-bond acceptors (Lipinski definition) is 7. The van der Waals surface area contributed by atoms with Gasteiger partial charge in [-0.15, -0.1) is 0 Å². The number of anilines is 3. The Labute approximate surface area is 152 Å². The largest absolute Gasteiger partial charge is 0.493 e. The van der Waals surface area contributed by atoms with Crippen molar-refractivity contribution in [1.82, 2.24) is 9.97 Å². The molecule has 26 heavy (non-hydrogen) atoms. The van der Waals surface area contributed by atoms with E-state index in [0.717, 1.165) is 15.5 Å². The molecular formula is C16H17N5O4S. The monoisotopic (exact) mass is 375 g/mol. The molecule has 3 rings (SSSR count). The van der Waals surface area contributed by atoms with Crippen LogP contribution in [0.5, 0.6) is 11.5 Å². The molecule has 4 N–H and O–H groups in total. The number of aromatic nitrogens is 2. The lowest BCUT2D eigenvalue weighted by Crippen LogP contribution is -2.32. The second-order valence-electron chi connectivity index (χ2n) is 5.18. The minimum Gasteiger partial charge on any atom is -0.493 e. The Balaban J connectivity index is 1.94. The molecule has 3 aromatic rings. The molecule has 1 unspecified atom stereocenters. The van der Waals surface area contributed by atoms with Gasteiger partial charge in [0.2, 0.25) is 0 Å². The van der Waals surface area contributed by atoms with E-state index in [1.807, 2.05) is 0 Å². The minimum absolute atomic E-state index is 0.398. The third kappa shape index (κ3) is 3.52. The van der Waals surface area contributed by atoms with Crippen molar-refractivity contribution in [3.8, 4) is 11.5 Å². The smallest absolute Gasteiger partial charge is 0.276 e. The quantitative estimate of drug-likeness (QED) is 0.340. The Kier molecular flexibility index (Phi) is 5.16. The Morgan fingerprint density at radius 1 is 1.12 bits per heavy atom. The van der Waals surface area contributed by atoms with Crippen LogP contribution in [0.15, 0.2) is 42.7 Å². The van der Waals surface area contributed by atoms with Crippen LogP contribution in [-0.2, 0) is 11.3 Å². The van der Waals surface area contributed by atoms with Crippen molar-refractivity contribution >= 4 is 39.4 Å². The van der Waals surface area contributed by atoms with Crippen LogP contribution in [-0.4, -0.2) is 32.9 Å². The molecule has 0 bridgehead atoms. The zero-order valence-corrected chi connectivity index (χ0v) is 14.9. The average Bonchev–Trinajstić information content (AvgIpc) is 2.67. The highest BCUT2D eigenvalue weighted by molar-refractivity contribution is 7.80. The number of methoxy groups -OCH3 is 2. The number of hydrogen-bond donors (Lipinski definition) is 3. The highest BCUT2D eigenvalue weighted by Gasteiger charge is 2.12. The number of fused-ring (bicyclic) bond motifs is 1. The van der Waals surface area contributed by atoms with Crippen molar-refractivity contribution in [2.75, 3.05) is 24.0 Å². The van der Waals surface area contributed by atoms with E-state index in [2.05, 4.69) is 15.3 Å². The van der Waals surface area contributed by atoms with Gasteiger partial charge >= 0.3 is 0 Å². The van der Waals surface area contributed by atoms with Gasteiger partial charge in [-0.1, -0.05) is 0 Å². The second-order valence-corrected chi connectivity index (χ2v) is 6.03. The fourth-order valence-electron chi connectivity index (χ4n) is 2.40. The maximum Gasteiger partial charge on any atom is 0.276 e. The predicted molar refractivity (Wildman–Crippen MR) is 99.8 cm³/mol. The molecule has 10 heteroatoms. The summed E-state index contributed by atoms with van der Waals surface area (Å²) in [7, 11) is 3.12. The van der Waals surface area contributed by atoms with Gasteiger partial charge < -0.3 is 14.8 Å². The van der Waals surface area contributed by atoms with Gasteiger partial charge in [0.05, 0.1) is 25.4 Å². The normalized spacial score (nSPS) is 11.8. The molecule has 0 radical (unpaired) electrons. The first kappa shape index (κ1) is 17.9. The zero-order chi connectivity index (χ0) is 18.7. The van der Waals surface area contributed by atoms with Gasteiger partial charge in [0.25, 0.3) is 11.3 Å². The first-order valence-corrected chi connectivity index (χ1v) is 8.49. The lowest BCUT2D eigenvalue weighted by atomic mass is 10.2. The molecule has 2 aromatic carbocycles. The molecule has 0 aliphatic heterocycles. The van der Waals surface area contributed by atoms with Crippen LogP contribution in [0.25, 0.3) is 10.9 Å². The summed E-state index contributed by atoms with van der Waals surface area (Å²) in [6.07, 6.45) is 1.45. The van der Waals surface area contributed by atoms with Gasteiger partial charge in [0.1, 0.15) is 12.1 Å². The van der Waals surface area contributed by atoms with Crippen LogP contribution in [0.2, 0.25) is 0 Å². The Morgan fingerprint density at radius 2 is 1.77 bits per heavy atom. The molecule has 0 fully saturated rings. The Morgan fingerprint density at radius 3 is 2.38 bits per heavy atom. The fourth-order valence-corrected chi connectivity index (χ4v) is 2.70. The van der Waals surface area contributed by atoms with Crippen LogP contribution < -0.4 is 25.0 Å². The summed E-state index contributed by atoms with van der Waals surface area (Å²) in [6, 6.07) is 10.2. The van der Waals surface area contributed by atoms with Crippen LogP contribution >= 0.6 is 0 Å². The van der Waals surface area contributed by atoms with Crippen molar-refractivity contribution in [3.63, 3.8) is 0 Å². The number of ether oxygens (including phenoxy) is 2. The standard InChI is InChI=1S/C16H17N5O4S/c1-24-14-7-12-13(8-15(14)25-2)18-9-19-16(12)20-10-3-5-11(6-4-10)21(17)26(22)23/h3-9H,17H2,1-2H3,(H,22,23)(H,18,19,20). The summed E-state index contributed by atoms with van der Waals surface area (Å²) in [4.78, 5) is 8.53.